The molecule has 0 unspecified atom stereocenters. The highest BCUT2D eigenvalue weighted by Crippen LogP contribution is 2.25. The number of hydrogen-bond donors (Lipinski definition) is 1. The van der Waals surface area contributed by atoms with Crippen LogP contribution < -0.4 is 0 Å². The molecule has 0 aromatic carbocycles. The summed E-state index contributed by atoms with van der Waals surface area (Å²) in [5, 5.41) is 17.9. The van der Waals surface area contributed by atoms with Crippen LogP contribution >= 0.6 is 15.9 Å². The second-order valence-corrected chi connectivity index (χ2v) is 2.63. The third-order valence-corrected chi connectivity index (χ3v) is 1.23. The fourth-order valence-electron chi connectivity index (χ4n) is 0.245. The fraction of sp³-hybridized carbons (Fsp3) is 1.00. The number of hydrogen-bond acceptors (Lipinski definition) is 3. The summed E-state index contributed by atoms with van der Waals surface area (Å²) in [4.78, 5) is 4.95. The van der Waals surface area contributed by atoms with E-state index in [9.17, 15) is 18.9 Å². The molecule has 7 heteroatoms. The van der Waals surface area contributed by atoms with Crippen molar-refractivity contribution in [3.63, 3.8) is 0 Å². The van der Waals surface area contributed by atoms with Gasteiger partial charge in [0, 0.05) is 4.92 Å². The summed E-state index contributed by atoms with van der Waals surface area (Å²) < 4.78 is 23.7. The highest BCUT2D eigenvalue weighted by Gasteiger charge is 2.38. The van der Waals surface area contributed by atoms with Crippen LogP contribution in [0.15, 0.2) is 0 Å². The van der Waals surface area contributed by atoms with Gasteiger partial charge in [-0.25, -0.2) is 0 Å². The Balaban J connectivity index is 3.85. The van der Waals surface area contributed by atoms with E-state index < -0.39 is 22.4 Å². The van der Waals surface area contributed by atoms with Gasteiger partial charge >= 0.3 is 4.83 Å². The number of halogens is 3. The van der Waals surface area contributed by atoms with Crippen molar-refractivity contribution >= 4 is 15.9 Å². The van der Waals surface area contributed by atoms with Crippen molar-refractivity contribution in [3.05, 3.63) is 10.1 Å². The summed E-state index contributed by atoms with van der Waals surface area (Å²) in [6, 6.07) is 0. The predicted octanol–water partition coefficient (Wildman–Crippen LogP) is 0.612. The van der Waals surface area contributed by atoms with Crippen LogP contribution in [0.3, 0.4) is 0 Å². The minimum absolute atomic E-state index is 1.01. The van der Waals surface area contributed by atoms with E-state index in [0.29, 0.717) is 0 Å². The zero-order valence-corrected chi connectivity index (χ0v) is 6.22. The molecule has 0 fully saturated rings. The maximum atomic E-state index is 11.8. The van der Waals surface area contributed by atoms with Crippen molar-refractivity contribution in [1.82, 2.24) is 0 Å². The van der Waals surface area contributed by atoms with Gasteiger partial charge in [-0.05, 0) is 15.9 Å². The van der Waals surface area contributed by atoms with Gasteiger partial charge in [0.15, 0.2) is 6.10 Å². The highest BCUT2D eigenvalue weighted by atomic mass is 79.9. The Bertz CT molecular complexity index is 136. The van der Waals surface area contributed by atoms with Crippen LogP contribution in [0.25, 0.3) is 0 Å². The molecule has 0 aliphatic carbocycles. The Hall–Kier alpha value is -0.300. The van der Waals surface area contributed by atoms with Crippen molar-refractivity contribution in [2.75, 3.05) is 6.54 Å². The minimum atomic E-state index is -3.58. The number of aliphatic hydroxyl groups excluding tert-OH is 1. The molecule has 0 aliphatic heterocycles. The van der Waals surface area contributed by atoms with Gasteiger partial charge in [0.05, 0.1) is 0 Å². The molecule has 0 rings (SSSR count). The molecule has 60 valence electrons. The van der Waals surface area contributed by atoms with E-state index in [4.69, 9.17) is 5.11 Å². The van der Waals surface area contributed by atoms with Crippen LogP contribution in [-0.4, -0.2) is 27.5 Å². The predicted molar refractivity (Wildman–Crippen MR) is 31.7 cm³/mol. The third kappa shape index (κ3) is 3.67. The van der Waals surface area contributed by atoms with Crippen molar-refractivity contribution < 1.29 is 18.8 Å². The SMILES string of the molecule is O=[N+]([O-])C[C@H](O)C(F)(F)Br. The summed E-state index contributed by atoms with van der Waals surface area (Å²) >= 11 is 1.78. The van der Waals surface area contributed by atoms with Gasteiger partial charge in [0.1, 0.15) is 0 Å². The smallest absolute Gasteiger partial charge is 0.333 e. The Morgan fingerprint density at radius 3 is 2.30 bits per heavy atom. The van der Waals surface area contributed by atoms with E-state index in [0.717, 1.165) is 0 Å². The largest absolute Gasteiger partial charge is 0.380 e. The average molecular weight is 220 g/mol. The summed E-state index contributed by atoms with van der Waals surface area (Å²) in [6.45, 7) is -1.17. The lowest BCUT2D eigenvalue weighted by Gasteiger charge is -2.11. The van der Waals surface area contributed by atoms with E-state index in [1.165, 1.54) is 0 Å². The number of alkyl halides is 3. The molecule has 1 atom stereocenters. The maximum Gasteiger partial charge on any atom is 0.333 e. The lowest BCUT2D eigenvalue weighted by atomic mass is 10.4. The second-order valence-electron chi connectivity index (χ2n) is 1.57. The van der Waals surface area contributed by atoms with E-state index in [1.807, 2.05) is 0 Å². The van der Waals surface area contributed by atoms with Crippen molar-refractivity contribution in [1.29, 1.82) is 0 Å². The summed E-state index contributed by atoms with van der Waals surface area (Å²) in [7, 11) is 0. The Kier molecular flexibility index (Phi) is 3.10. The first-order valence-corrected chi connectivity index (χ1v) is 3.00. The van der Waals surface area contributed by atoms with Crippen LogP contribution in [-0.2, 0) is 0 Å². The number of nitrogens with zero attached hydrogens (tertiary/aromatic N) is 1. The first kappa shape index (κ1) is 9.70. The average Bonchev–Trinajstić information content (AvgIpc) is 1.60. The van der Waals surface area contributed by atoms with Gasteiger partial charge < -0.3 is 5.11 Å². The number of rotatable bonds is 3. The van der Waals surface area contributed by atoms with Crippen LogP contribution in [0.2, 0.25) is 0 Å². The quantitative estimate of drug-likeness (QED) is 0.430. The Morgan fingerprint density at radius 1 is 1.80 bits per heavy atom. The van der Waals surface area contributed by atoms with E-state index in [-0.39, 0.29) is 0 Å². The molecular weight excluding hydrogens is 216 g/mol. The van der Waals surface area contributed by atoms with Crippen molar-refractivity contribution in [2.45, 2.75) is 10.9 Å². The van der Waals surface area contributed by atoms with Crippen LogP contribution in [0.5, 0.6) is 0 Å². The molecule has 0 radical (unpaired) electrons. The normalized spacial score (nSPS) is 14.8. The fourth-order valence-corrected chi connectivity index (χ4v) is 0.389. The molecule has 1 N–H and O–H groups in total. The Morgan fingerprint density at radius 2 is 2.20 bits per heavy atom. The standard InChI is InChI=1S/C3H4BrF2NO3/c4-3(5,6)2(8)1-7(9)10/h2,8H,1H2/t2-/m0/s1. The molecule has 0 spiro atoms. The molecule has 10 heavy (non-hydrogen) atoms. The topological polar surface area (TPSA) is 63.4 Å². The lowest BCUT2D eigenvalue weighted by molar-refractivity contribution is -0.494. The van der Waals surface area contributed by atoms with Crippen molar-refractivity contribution in [3.8, 4) is 0 Å². The summed E-state index contributed by atoms with van der Waals surface area (Å²) in [5.74, 6) is 0. The minimum Gasteiger partial charge on any atom is -0.380 e. The van der Waals surface area contributed by atoms with E-state index in [2.05, 4.69) is 0 Å². The molecule has 0 aromatic rings. The van der Waals surface area contributed by atoms with Gasteiger partial charge in [0.2, 0.25) is 6.54 Å². The molecule has 0 amide bonds. The van der Waals surface area contributed by atoms with Crippen LogP contribution in [0.1, 0.15) is 0 Å². The summed E-state index contributed by atoms with van der Waals surface area (Å²) in [6.07, 6.45) is -2.28. The number of nitro groups is 1. The highest BCUT2D eigenvalue weighted by molar-refractivity contribution is 9.10. The van der Waals surface area contributed by atoms with Gasteiger partial charge in [-0.2, -0.15) is 8.78 Å². The Labute approximate surface area is 63.1 Å². The van der Waals surface area contributed by atoms with Crippen LogP contribution in [0, 0.1) is 10.1 Å². The number of aliphatic hydroxyl groups is 1. The molecule has 0 saturated carbocycles. The van der Waals surface area contributed by atoms with E-state index in [1.54, 1.807) is 15.9 Å². The maximum absolute atomic E-state index is 11.8. The third-order valence-electron chi connectivity index (χ3n) is 0.700. The molecule has 0 heterocycles. The molecule has 4 nitrogen and oxygen atoms in total. The zero-order chi connectivity index (χ0) is 8.36. The molecular formula is C3H4BrF2NO3. The molecule has 0 aromatic heterocycles. The first-order chi connectivity index (χ1) is 4.34. The monoisotopic (exact) mass is 219 g/mol. The van der Waals surface area contributed by atoms with Gasteiger partial charge in [-0.15, -0.1) is 0 Å². The lowest BCUT2D eigenvalue weighted by Crippen LogP contribution is -2.33. The van der Waals surface area contributed by atoms with Gasteiger partial charge in [-0.3, -0.25) is 10.1 Å². The van der Waals surface area contributed by atoms with Gasteiger partial charge in [0.25, 0.3) is 0 Å². The second kappa shape index (κ2) is 3.20. The summed E-state index contributed by atoms with van der Waals surface area (Å²) in [5.41, 5.74) is 0. The van der Waals surface area contributed by atoms with Crippen molar-refractivity contribution in [2.24, 2.45) is 0 Å². The molecule has 0 aliphatic rings. The van der Waals surface area contributed by atoms with Gasteiger partial charge in [-0.1, -0.05) is 0 Å². The first-order valence-electron chi connectivity index (χ1n) is 2.20. The van der Waals surface area contributed by atoms with Crippen LogP contribution in [0.4, 0.5) is 8.78 Å². The molecule has 0 bridgehead atoms. The zero-order valence-electron chi connectivity index (χ0n) is 4.63. The van der Waals surface area contributed by atoms with E-state index >= 15 is 0 Å². The molecule has 0 saturated heterocycles.